The van der Waals surface area contributed by atoms with Gasteiger partial charge in [0.1, 0.15) is 23.5 Å². The third-order valence-corrected chi connectivity index (χ3v) is 4.23. The van der Waals surface area contributed by atoms with Crippen molar-refractivity contribution in [2.24, 2.45) is 0 Å². The maximum absolute atomic E-state index is 14.6. The van der Waals surface area contributed by atoms with Crippen LogP contribution in [0.5, 0.6) is 0 Å². The summed E-state index contributed by atoms with van der Waals surface area (Å²) in [5, 5.41) is 18.7. The van der Waals surface area contributed by atoms with Gasteiger partial charge in [-0.2, -0.15) is 10.5 Å². The van der Waals surface area contributed by atoms with Crippen molar-refractivity contribution in [1.29, 1.82) is 10.5 Å². The predicted molar refractivity (Wildman–Crippen MR) is 88.2 cm³/mol. The van der Waals surface area contributed by atoms with E-state index in [-0.39, 0.29) is 52.4 Å². The van der Waals surface area contributed by atoms with Crippen LogP contribution >= 0.6 is 0 Å². The maximum atomic E-state index is 14.6. The number of nitriles is 2. The van der Waals surface area contributed by atoms with Crippen molar-refractivity contribution < 1.29 is 18.4 Å². The highest BCUT2D eigenvalue weighted by Crippen LogP contribution is 2.39. The highest BCUT2D eigenvalue weighted by atomic mass is 19.1. The van der Waals surface area contributed by atoms with E-state index in [1.54, 1.807) is 6.07 Å². The van der Waals surface area contributed by atoms with Crippen LogP contribution in [0.4, 0.5) is 20.2 Å². The molecule has 0 unspecified atom stereocenters. The highest BCUT2D eigenvalue weighted by molar-refractivity contribution is 6.06. The summed E-state index contributed by atoms with van der Waals surface area (Å²) in [6.07, 6.45) is 0.0161. The Morgan fingerprint density at radius 1 is 1.19 bits per heavy atom. The minimum atomic E-state index is -0.962. The molecule has 0 bridgehead atoms. The van der Waals surface area contributed by atoms with Crippen molar-refractivity contribution in [3.8, 4) is 12.1 Å². The number of nitrogens with zero attached hydrogens (tertiary/aromatic N) is 3. The molecule has 0 atom stereocenters. The Labute approximate surface area is 147 Å². The molecule has 0 N–H and O–H groups in total. The van der Waals surface area contributed by atoms with Crippen molar-refractivity contribution >= 4 is 22.9 Å². The summed E-state index contributed by atoms with van der Waals surface area (Å²) >= 11 is 0. The lowest BCUT2D eigenvalue weighted by Gasteiger charge is -2.32. The molecule has 0 aliphatic carbocycles. The third kappa shape index (κ3) is 2.60. The molecule has 0 aromatic heterocycles. The second kappa shape index (κ2) is 6.38. The van der Waals surface area contributed by atoms with E-state index in [0.717, 1.165) is 12.1 Å². The Kier molecular flexibility index (Phi) is 4.23. The third-order valence-electron chi connectivity index (χ3n) is 4.23. The van der Waals surface area contributed by atoms with Gasteiger partial charge in [-0.15, -0.1) is 0 Å². The molecular formula is C19H11F2N3O2. The van der Waals surface area contributed by atoms with Crippen molar-refractivity contribution in [3.05, 3.63) is 58.2 Å². The zero-order chi connectivity index (χ0) is 19.0. The van der Waals surface area contributed by atoms with Crippen molar-refractivity contribution in [2.75, 3.05) is 11.4 Å². The van der Waals surface area contributed by atoms with Crippen molar-refractivity contribution in [3.63, 3.8) is 0 Å². The smallest absolute Gasteiger partial charge is 0.166 e. The fourth-order valence-corrected chi connectivity index (χ4v) is 3.06. The van der Waals surface area contributed by atoms with Crippen LogP contribution in [0, 0.1) is 34.3 Å². The zero-order valence-corrected chi connectivity index (χ0v) is 13.6. The summed E-state index contributed by atoms with van der Waals surface area (Å²) in [6.45, 7) is 1.28. The molecule has 128 valence electrons. The first kappa shape index (κ1) is 17.2. The van der Waals surface area contributed by atoms with Crippen molar-refractivity contribution in [1.82, 2.24) is 0 Å². The number of ketones is 2. The number of hydrogen-bond acceptors (Lipinski definition) is 5. The lowest BCUT2D eigenvalue weighted by molar-refractivity contribution is 0.0979. The average Bonchev–Trinajstić information content (AvgIpc) is 2.61. The summed E-state index contributed by atoms with van der Waals surface area (Å²) in [7, 11) is 0. The number of benzene rings is 2. The van der Waals surface area contributed by atoms with E-state index in [4.69, 9.17) is 0 Å². The highest BCUT2D eigenvalue weighted by Gasteiger charge is 2.30. The van der Waals surface area contributed by atoms with Crippen LogP contribution in [0.25, 0.3) is 0 Å². The molecule has 0 radical (unpaired) electrons. The van der Waals surface area contributed by atoms with E-state index in [0.29, 0.717) is 0 Å². The van der Waals surface area contributed by atoms with E-state index in [9.17, 15) is 28.9 Å². The Bertz CT molecular complexity index is 1050. The standard InChI is InChI=1S/C19H11F2N3O2/c1-10(25)13-2-3-16(15(9-23)18(13)21)24-5-4-17(26)14-7-12(20)6-11(8-22)19(14)24/h2-3,6-7H,4-5H2,1H3. The molecule has 5 nitrogen and oxygen atoms in total. The Morgan fingerprint density at radius 2 is 1.92 bits per heavy atom. The molecule has 0 saturated carbocycles. The van der Waals surface area contributed by atoms with E-state index >= 15 is 0 Å². The van der Waals surface area contributed by atoms with Gasteiger partial charge in [0.05, 0.1) is 22.5 Å². The molecule has 1 aliphatic rings. The van der Waals surface area contributed by atoms with Crippen LogP contribution in [-0.4, -0.2) is 18.1 Å². The predicted octanol–water partition coefficient (Wildman–Crippen LogP) is 3.64. The molecule has 2 aromatic carbocycles. The lowest BCUT2D eigenvalue weighted by atomic mass is 9.94. The number of hydrogen-bond donors (Lipinski definition) is 0. The van der Waals surface area contributed by atoms with Gasteiger partial charge in [0.15, 0.2) is 17.4 Å². The first-order valence-electron chi connectivity index (χ1n) is 7.67. The van der Waals surface area contributed by atoms with E-state index in [2.05, 4.69) is 0 Å². The zero-order valence-electron chi connectivity index (χ0n) is 13.6. The number of fused-ring (bicyclic) bond motifs is 1. The SMILES string of the molecule is CC(=O)c1ccc(N2CCC(=O)c3cc(F)cc(C#N)c32)c(C#N)c1F. The molecule has 1 aliphatic heterocycles. The maximum Gasteiger partial charge on any atom is 0.166 e. The number of halogens is 2. The van der Waals surface area contributed by atoms with Crippen LogP contribution in [0.3, 0.4) is 0 Å². The number of carbonyl (C=O) groups excluding carboxylic acids is 2. The monoisotopic (exact) mass is 351 g/mol. The summed E-state index contributed by atoms with van der Waals surface area (Å²) in [5.74, 6) is -2.56. The van der Waals surface area contributed by atoms with E-state index in [1.165, 1.54) is 24.0 Å². The van der Waals surface area contributed by atoms with Gasteiger partial charge in [0.25, 0.3) is 0 Å². The van der Waals surface area contributed by atoms with E-state index in [1.807, 2.05) is 6.07 Å². The normalized spacial score (nSPS) is 13.0. The molecular weight excluding hydrogens is 340 g/mol. The minimum absolute atomic E-state index is 0.00717. The Balaban J connectivity index is 2.29. The van der Waals surface area contributed by atoms with Crippen molar-refractivity contribution in [2.45, 2.75) is 13.3 Å². The quantitative estimate of drug-likeness (QED) is 0.771. The average molecular weight is 351 g/mol. The van der Waals surface area contributed by atoms with Gasteiger partial charge in [-0.3, -0.25) is 9.59 Å². The van der Waals surface area contributed by atoms with Crippen LogP contribution in [0.2, 0.25) is 0 Å². The number of rotatable bonds is 2. The second-order valence-corrected chi connectivity index (χ2v) is 5.78. The summed E-state index contributed by atoms with van der Waals surface area (Å²) < 4.78 is 28.3. The topological polar surface area (TPSA) is 85.0 Å². The van der Waals surface area contributed by atoms with Gasteiger partial charge < -0.3 is 4.90 Å². The number of carbonyl (C=O) groups is 2. The van der Waals surface area contributed by atoms with Gasteiger partial charge in [-0.25, -0.2) is 8.78 Å². The number of Topliss-reactive ketones (excluding diaryl/α,β-unsaturated/α-hetero) is 2. The fraction of sp³-hybridized carbons (Fsp3) is 0.158. The van der Waals surface area contributed by atoms with Crippen LogP contribution in [0.15, 0.2) is 24.3 Å². The lowest BCUT2D eigenvalue weighted by Crippen LogP contribution is -2.30. The second-order valence-electron chi connectivity index (χ2n) is 5.78. The van der Waals surface area contributed by atoms with E-state index < -0.39 is 17.4 Å². The van der Waals surface area contributed by atoms with Gasteiger partial charge in [0, 0.05) is 18.5 Å². The molecule has 0 saturated heterocycles. The summed E-state index contributed by atoms with van der Waals surface area (Å²) in [5.41, 5.74) is -0.423. The van der Waals surface area contributed by atoms with Gasteiger partial charge in [-0.05, 0) is 31.2 Å². The Hall–Kier alpha value is -3.58. The molecule has 2 aromatic rings. The number of anilines is 2. The first-order chi connectivity index (χ1) is 12.4. The molecule has 3 rings (SSSR count). The van der Waals surface area contributed by atoms with Crippen LogP contribution in [-0.2, 0) is 0 Å². The molecule has 7 heteroatoms. The molecule has 0 amide bonds. The van der Waals surface area contributed by atoms with Crippen LogP contribution in [0.1, 0.15) is 45.2 Å². The first-order valence-corrected chi connectivity index (χ1v) is 7.67. The molecule has 1 heterocycles. The molecule has 26 heavy (non-hydrogen) atoms. The Morgan fingerprint density at radius 3 is 2.54 bits per heavy atom. The van der Waals surface area contributed by atoms with Crippen LogP contribution < -0.4 is 4.90 Å². The summed E-state index contributed by atoms with van der Waals surface area (Å²) in [4.78, 5) is 25.1. The molecule has 0 spiro atoms. The summed E-state index contributed by atoms with van der Waals surface area (Å²) in [6, 6.07) is 8.22. The van der Waals surface area contributed by atoms with Gasteiger partial charge >= 0.3 is 0 Å². The van der Waals surface area contributed by atoms with Gasteiger partial charge in [-0.1, -0.05) is 0 Å². The minimum Gasteiger partial charge on any atom is -0.338 e. The largest absolute Gasteiger partial charge is 0.338 e. The fourth-order valence-electron chi connectivity index (χ4n) is 3.06. The van der Waals surface area contributed by atoms with Gasteiger partial charge in [0.2, 0.25) is 0 Å². The molecule has 0 fully saturated rings.